The summed E-state index contributed by atoms with van der Waals surface area (Å²) >= 11 is 0. The molecule has 1 fully saturated rings. The Morgan fingerprint density at radius 2 is 1.48 bits per heavy atom. The van der Waals surface area contributed by atoms with Crippen LogP contribution in [0.4, 0.5) is 0 Å². The molecule has 0 bridgehead atoms. The summed E-state index contributed by atoms with van der Waals surface area (Å²) in [5, 5.41) is 0. The number of hydrogen-bond acceptors (Lipinski definition) is 10. The predicted molar refractivity (Wildman–Crippen MR) is 89.8 cm³/mol. The molecule has 0 saturated carbocycles. The third kappa shape index (κ3) is 7.84. The molecule has 0 aliphatic carbocycles. The van der Waals surface area contributed by atoms with Gasteiger partial charge in [0.25, 0.3) is 0 Å². The number of carbonyl (C=O) groups is 1. The van der Waals surface area contributed by atoms with Crippen molar-refractivity contribution in [2.24, 2.45) is 0 Å². The molecule has 0 amide bonds. The van der Waals surface area contributed by atoms with Crippen molar-refractivity contribution in [3.63, 3.8) is 0 Å². The summed E-state index contributed by atoms with van der Waals surface area (Å²) in [4.78, 5) is 12.3. The van der Waals surface area contributed by atoms with Crippen molar-refractivity contribution in [2.45, 2.75) is 37.6 Å². The van der Waals surface area contributed by atoms with E-state index < -0.39 is 57.5 Å². The quantitative estimate of drug-likeness (QED) is 0.238. The van der Waals surface area contributed by atoms with Crippen molar-refractivity contribution in [3.8, 4) is 0 Å². The molecule has 0 aromatic heterocycles. The second-order valence-corrected chi connectivity index (χ2v) is 7.75. The zero-order valence-corrected chi connectivity index (χ0v) is 19.2. The van der Waals surface area contributed by atoms with E-state index in [-0.39, 0.29) is 35.1 Å². The molecule has 5 atom stereocenters. The van der Waals surface area contributed by atoms with Crippen LogP contribution in [0.1, 0.15) is 17.3 Å². The molecular weight excluding hydrogens is 447 g/mol. The van der Waals surface area contributed by atoms with Gasteiger partial charge in [0.15, 0.2) is 6.10 Å². The Balaban J connectivity index is 0.00000420. The summed E-state index contributed by atoms with van der Waals surface area (Å²) < 4.78 is 87.2. The first-order chi connectivity index (χ1) is 12.9. The first kappa shape index (κ1) is 26.4. The zero-order chi connectivity index (χ0) is 21.1. The maximum absolute atomic E-state index is 12.3. The molecule has 2 rings (SSSR count). The fourth-order valence-corrected chi connectivity index (χ4v) is 3.62. The van der Waals surface area contributed by atoms with Crippen molar-refractivity contribution in [1.82, 2.24) is 0 Å². The number of hydrogen-bond donors (Lipinski definition) is 2. The number of benzene rings is 1. The van der Waals surface area contributed by atoms with E-state index in [1.54, 1.807) is 6.07 Å². The van der Waals surface area contributed by atoms with E-state index in [4.69, 9.17) is 23.3 Å². The molecule has 1 aliphatic heterocycles. The summed E-state index contributed by atoms with van der Waals surface area (Å²) in [5.41, 5.74) is 0.0745. The van der Waals surface area contributed by atoms with Crippen LogP contribution in [-0.4, -0.2) is 69.7 Å². The number of rotatable bonds is 7. The molecule has 0 radical (unpaired) electrons. The molecule has 0 unspecified atom stereocenters. The Morgan fingerprint density at radius 1 is 0.966 bits per heavy atom. The maximum atomic E-state index is 12.3. The van der Waals surface area contributed by atoms with Crippen molar-refractivity contribution < 1.29 is 82.9 Å². The zero-order valence-electron chi connectivity index (χ0n) is 15.6. The van der Waals surface area contributed by atoms with Crippen LogP contribution in [0.5, 0.6) is 0 Å². The van der Waals surface area contributed by atoms with Gasteiger partial charge in [-0.15, -0.1) is 0 Å². The summed E-state index contributed by atoms with van der Waals surface area (Å²) in [7, 11) is -9.16. The van der Waals surface area contributed by atoms with E-state index in [9.17, 15) is 21.6 Å². The molecule has 1 heterocycles. The maximum Gasteiger partial charge on any atom is 1.00 e. The van der Waals surface area contributed by atoms with Crippen LogP contribution in [0, 0.1) is 0 Å². The number of ether oxygens (including phenoxy) is 3. The summed E-state index contributed by atoms with van der Waals surface area (Å²) in [6.45, 7) is 1.39. The molecule has 0 spiro atoms. The predicted octanol–water partition coefficient (Wildman–Crippen LogP) is -3.02. The van der Waals surface area contributed by atoms with Crippen LogP contribution >= 0.6 is 0 Å². The molecule has 29 heavy (non-hydrogen) atoms. The fourth-order valence-electron chi connectivity index (χ4n) is 2.63. The first-order valence-corrected chi connectivity index (χ1v) is 10.4. The molecule has 12 nitrogen and oxygen atoms in total. The van der Waals surface area contributed by atoms with Gasteiger partial charge in [0.05, 0.1) is 11.7 Å². The van der Waals surface area contributed by atoms with E-state index >= 15 is 0 Å². The summed E-state index contributed by atoms with van der Waals surface area (Å²) in [6, 6.07) is 7.52. The largest absolute Gasteiger partial charge is 1.00 e. The van der Waals surface area contributed by atoms with Crippen molar-refractivity contribution in [2.75, 3.05) is 7.11 Å². The number of methoxy groups -OCH3 is 1. The molecule has 1 aromatic carbocycles. The Labute approximate surface area is 189 Å². The van der Waals surface area contributed by atoms with Crippen molar-refractivity contribution in [3.05, 3.63) is 35.9 Å². The van der Waals surface area contributed by atoms with Gasteiger partial charge in [-0.2, -0.15) is 16.8 Å². The standard InChI is InChI=1S/C14H18O12S2.Na/c1-8-10(22-2)11(25-27(16,17)18)12(26-28(19,20)21)14(23-8)24-13(15)9-6-4-3-5-7-9;/h3-8,10-12,14H,1-2H3,(H,16,17,18)(H,19,20,21);/q;+1/t8-,10-,11+,12+,14-;/m0./s1. The van der Waals surface area contributed by atoms with Gasteiger partial charge < -0.3 is 14.2 Å². The van der Waals surface area contributed by atoms with Crippen LogP contribution < -0.4 is 29.6 Å². The molecular formula is C14H18NaO12S2+. The van der Waals surface area contributed by atoms with Crippen molar-refractivity contribution in [1.29, 1.82) is 0 Å². The van der Waals surface area contributed by atoms with Gasteiger partial charge in [0, 0.05) is 7.11 Å². The average molecular weight is 465 g/mol. The van der Waals surface area contributed by atoms with E-state index in [0.29, 0.717) is 0 Å². The van der Waals surface area contributed by atoms with Crippen LogP contribution in [0.15, 0.2) is 30.3 Å². The molecule has 158 valence electrons. The van der Waals surface area contributed by atoms with Gasteiger partial charge >= 0.3 is 56.3 Å². The SMILES string of the molecule is CO[C@@H]1[C@@H](OS(=O)(=O)O)[C@@H](OS(=O)(=O)O)[C@H](OC(=O)c2ccccc2)O[C@H]1C.[Na+]. The third-order valence-corrected chi connectivity index (χ3v) is 4.63. The monoisotopic (exact) mass is 465 g/mol. The van der Waals surface area contributed by atoms with E-state index in [1.165, 1.54) is 31.2 Å². The third-order valence-electron chi connectivity index (χ3n) is 3.70. The minimum atomic E-state index is -5.18. The molecule has 1 aromatic rings. The van der Waals surface area contributed by atoms with Gasteiger partial charge in [-0.25, -0.2) is 13.2 Å². The Kier molecular flexibility index (Phi) is 9.63. The summed E-state index contributed by atoms with van der Waals surface area (Å²) in [5.74, 6) is -0.955. The van der Waals surface area contributed by atoms with Crippen LogP contribution in [0.3, 0.4) is 0 Å². The Hall–Kier alpha value is -0.650. The average Bonchev–Trinajstić information content (AvgIpc) is 2.57. The number of esters is 1. The van der Waals surface area contributed by atoms with Crippen LogP contribution in [0.2, 0.25) is 0 Å². The second kappa shape index (κ2) is 10.6. The molecule has 1 saturated heterocycles. The smallest absolute Gasteiger partial charge is 0.429 e. The van der Waals surface area contributed by atoms with Gasteiger partial charge in [-0.1, -0.05) is 18.2 Å². The minimum absolute atomic E-state index is 0. The molecule has 1 aliphatic rings. The Bertz CT molecular complexity index is 888. The first-order valence-electron chi connectivity index (χ1n) is 7.67. The van der Waals surface area contributed by atoms with E-state index in [2.05, 4.69) is 8.37 Å². The van der Waals surface area contributed by atoms with Gasteiger partial charge in [-0.3, -0.25) is 9.11 Å². The van der Waals surface area contributed by atoms with Gasteiger partial charge in [0.2, 0.25) is 6.29 Å². The van der Waals surface area contributed by atoms with E-state index in [1.807, 2.05) is 0 Å². The minimum Gasteiger partial charge on any atom is -0.429 e. The molecule has 2 N–H and O–H groups in total. The fraction of sp³-hybridized carbons (Fsp3) is 0.500. The normalized spacial score (nSPS) is 27.7. The van der Waals surface area contributed by atoms with Gasteiger partial charge in [-0.05, 0) is 19.1 Å². The molecule has 15 heteroatoms. The number of carbonyl (C=O) groups excluding carboxylic acids is 1. The summed E-state index contributed by atoms with van der Waals surface area (Å²) in [6.07, 6.45) is -7.97. The van der Waals surface area contributed by atoms with Gasteiger partial charge in [0.1, 0.15) is 12.2 Å². The van der Waals surface area contributed by atoms with Crippen LogP contribution in [-0.2, 0) is 43.4 Å². The Morgan fingerprint density at radius 3 is 1.97 bits per heavy atom. The van der Waals surface area contributed by atoms with Crippen molar-refractivity contribution >= 4 is 26.8 Å². The topological polar surface area (TPSA) is 172 Å². The van der Waals surface area contributed by atoms with E-state index in [0.717, 1.165) is 7.11 Å². The van der Waals surface area contributed by atoms with Crippen LogP contribution in [0.25, 0.3) is 0 Å². The second-order valence-electron chi connectivity index (χ2n) is 5.66.